The highest BCUT2D eigenvalue weighted by Gasteiger charge is 2.08. The van der Waals surface area contributed by atoms with Crippen LogP contribution < -0.4 is 0 Å². The van der Waals surface area contributed by atoms with Crippen LogP contribution in [0.25, 0.3) is 0 Å². The smallest absolute Gasteiger partial charge is 0.109 e. The maximum absolute atomic E-state index is 10.5. The van der Waals surface area contributed by atoms with Crippen molar-refractivity contribution in [1.82, 2.24) is 0 Å². The molecule has 0 saturated heterocycles. The fourth-order valence-corrected chi connectivity index (χ4v) is 0.503. The third kappa shape index (κ3) is 2.89. The molecule has 2 heteroatoms. The average molecular weight is 122 g/mol. The van der Waals surface area contributed by atoms with Crippen LogP contribution in [0.3, 0.4) is 0 Å². The molecule has 0 amide bonds. The van der Waals surface area contributed by atoms with E-state index in [1.165, 1.54) is 0 Å². The number of hydrogen-bond acceptors (Lipinski definition) is 0. The second-order valence-corrected chi connectivity index (χ2v) is 2.31. The molecule has 0 aliphatic carbocycles. The molecule has 1 nitrogen and oxygen atoms in total. The Bertz CT molecular complexity index is 45.3. The van der Waals surface area contributed by atoms with Crippen molar-refractivity contribution in [3.05, 3.63) is 0 Å². The van der Waals surface area contributed by atoms with Crippen LogP contribution >= 0.6 is 11.6 Å². The van der Waals surface area contributed by atoms with Crippen molar-refractivity contribution >= 4 is 11.6 Å². The summed E-state index contributed by atoms with van der Waals surface area (Å²) in [5, 5.41) is 10.2. The molecule has 0 aliphatic rings. The lowest BCUT2D eigenvalue weighted by atomic mass is 10.2. The zero-order valence-corrected chi connectivity index (χ0v) is 5.40. The van der Waals surface area contributed by atoms with E-state index in [0.717, 1.165) is 0 Å². The predicted molar refractivity (Wildman–Crippen MR) is 30.1 cm³/mol. The molecule has 0 aliphatic heterocycles. The third-order valence-electron chi connectivity index (χ3n) is 0.915. The summed E-state index contributed by atoms with van der Waals surface area (Å²) in [7, 11) is 0. The van der Waals surface area contributed by atoms with E-state index in [2.05, 4.69) is 0 Å². The van der Waals surface area contributed by atoms with E-state index >= 15 is 0 Å². The van der Waals surface area contributed by atoms with Gasteiger partial charge in [-0.2, -0.15) is 0 Å². The molecule has 0 heterocycles. The zero-order chi connectivity index (χ0) is 5.86. The molecule has 0 aromatic rings. The first-order chi connectivity index (χ1) is 3.18. The molecule has 0 aromatic heterocycles. The second kappa shape index (κ2) is 3.28. The van der Waals surface area contributed by atoms with E-state index in [4.69, 9.17) is 11.6 Å². The van der Waals surface area contributed by atoms with Crippen LogP contribution in [0.15, 0.2) is 0 Å². The van der Waals surface area contributed by atoms with E-state index in [-0.39, 0.29) is 5.38 Å². The van der Waals surface area contributed by atoms with E-state index in [1.54, 1.807) is 6.92 Å². The van der Waals surface area contributed by atoms with Gasteiger partial charge in [-0.15, -0.1) is 11.6 Å². The van der Waals surface area contributed by atoms with Crippen LogP contribution in [0.4, 0.5) is 0 Å². The molecule has 0 bridgehead atoms. The molecule has 7 heavy (non-hydrogen) atoms. The topological polar surface area (TPSA) is 19.9 Å². The Hall–Kier alpha value is 0.250. The molecule has 1 radical (unpaired) electrons. The monoisotopic (exact) mass is 121 g/mol. The lowest BCUT2D eigenvalue weighted by Crippen LogP contribution is -2.13. The highest BCUT2D eigenvalue weighted by Crippen LogP contribution is 2.04. The van der Waals surface area contributed by atoms with Gasteiger partial charge < -0.3 is 0 Å². The van der Waals surface area contributed by atoms with Gasteiger partial charge >= 0.3 is 0 Å². The summed E-state index contributed by atoms with van der Waals surface area (Å²) in [6.45, 7) is 3.57. The van der Waals surface area contributed by atoms with Crippen molar-refractivity contribution < 1.29 is 5.11 Å². The normalized spacial score (nSPS) is 18.9. The van der Waals surface area contributed by atoms with Gasteiger partial charge in [0.25, 0.3) is 0 Å². The van der Waals surface area contributed by atoms with Crippen molar-refractivity contribution in [1.29, 1.82) is 0 Å². The first-order valence-electron chi connectivity index (χ1n) is 2.48. The average Bonchev–Trinajstić information content (AvgIpc) is 1.65. The van der Waals surface area contributed by atoms with Crippen LogP contribution in [0.1, 0.15) is 20.3 Å². The predicted octanol–water partition coefficient (Wildman–Crippen LogP) is 1.82. The third-order valence-corrected chi connectivity index (χ3v) is 1.20. The molecule has 0 spiro atoms. The molecule has 0 saturated carbocycles. The van der Waals surface area contributed by atoms with Crippen molar-refractivity contribution in [2.45, 2.75) is 31.7 Å². The highest BCUT2D eigenvalue weighted by molar-refractivity contribution is 6.20. The Morgan fingerprint density at radius 1 is 1.71 bits per heavy atom. The first kappa shape index (κ1) is 7.25. The van der Waals surface area contributed by atoms with Gasteiger partial charge in [0.05, 0.1) is 5.38 Å². The van der Waals surface area contributed by atoms with Crippen molar-refractivity contribution in [3.8, 4) is 0 Å². The van der Waals surface area contributed by atoms with Gasteiger partial charge in [-0.05, 0) is 13.3 Å². The van der Waals surface area contributed by atoms with Crippen LogP contribution in [0.5, 0.6) is 0 Å². The van der Waals surface area contributed by atoms with Gasteiger partial charge in [0.2, 0.25) is 0 Å². The quantitative estimate of drug-likeness (QED) is 0.497. The second-order valence-electron chi connectivity index (χ2n) is 1.62. The van der Waals surface area contributed by atoms with Crippen molar-refractivity contribution in [2.24, 2.45) is 0 Å². The van der Waals surface area contributed by atoms with Crippen molar-refractivity contribution in [3.63, 3.8) is 0 Å². The molecule has 0 N–H and O–H groups in total. The number of alkyl halides is 1. The van der Waals surface area contributed by atoms with Crippen LogP contribution in [0, 0.1) is 0 Å². The Labute approximate surface area is 49.3 Å². The largest absolute Gasteiger partial charge is 0.232 e. The number of rotatable bonds is 2. The number of halogens is 1. The zero-order valence-electron chi connectivity index (χ0n) is 4.65. The van der Waals surface area contributed by atoms with Gasteiger partial charge in [0.15, 0.2) is 0 Å². The molecule has 2 unspecified atom stereocenters. The van der Waals surface area contributed by atoms with E-state index in [1.807, 2.05) is 6.92 Å². The standard InChI is InChI=1S/C5H10ClO/c1-3-5(7)4(2)6/h4-5H,3H2,1-2H3. The Balaban J connectivity index is 3.14. The fourth-order valence-electron chi connectivity index (χ4n) is 0.325. The van der Waals surface area contributed by atoms with Gasteiger partial charge in [0.1, 0.15) is 6.10 Å². The summed E-state index contributed by atoms with van der Waals surface area (Å²) >= 11 is 5.42. The summed E-state index contributed by atoms with van der Waals surface area (Å²) in [5.74, 6) is 0. The Morgan fingerprint density at radius 3 is 2.14 bits per heavy atom. The summed E-state index contributed by atoms with van der Waals surface area (Å²) in [5.41, 5.74) is 0. The molecular weight excluding hydrogens is 112 g/mol. The van der Waals surface area contributed by atoms with E-state index in [9.17, 15) is 5.11 Å². The first-order valence-corrected chi connectivity index (χ1v) is 2.92. The van der Waals surface area contributed by atoms with Gasteiger partial charge in [-0.25, -0.2) is 5.11 Å². The van der Waals surface area contributed by atoms with Crippen LogP contribution in [-0.4, -0.2) is 11.5 Å². The Morgan fingerprint density at radius 2 is 2.14 bits per heavy atom. The minimum Gasteiger partial charge on any atom is -0.232 e. The minimum atomic E-state index is -0.582. The van der Waals surface area contributed by atoms with Crippen LogP contribution in [0.2, 0.25) is 0 Å². The molecule has 0 rings (SSSR count). The summed E-state index contributed by atoms with van der Waals surface area (Å²) in [6, 6.07) is 0. The van der Waals surface area contributed by atoms with Gasteiger partial charge in [0, 0.05) is 0 Å². The van der Waals surface area contributed by atoms with Gasteiger partial charge in [-0.3, -0.25) is 0 Å². The maximum atomic E-state index is 10.5. The molecule has 0 fully saturated rings. The SMILES string of the molecule is CCC([O])C(C)Cl. The summed E-state index contributed by atoms with van der Waals surface area (Å²) in [4.78, 5) is 0. The summed E-state index contributed by atoms with van der Waals surface area (Å²) in [6.07, 6.45) is 0.0478. The number of hydrogen-bond donors (Lipinski definition) is 0. The molecule has 43 valence electrons. The maximum Gasteiger partial charge on any atom is 0.109 e. The molecule has 2 atom stereocenters. The van der Waals surface area contributed by atoms with E-state index in [0.29, 0.717) is 6.42 Å². The Kier molecular flexibility index (Phi) is 3.39. The van der Waals surface area contributed by atoms with Crippen molar-refractivity contribution in [2.75, 3.05) is 0 Å². The lowest BCUT2D eigenvalue weighted by Gasteiger charge is -2.04. The lowest BCUT2D eigenvalue weighted by molar-refractivity contribution is 0.0854. The van der Waals surface area contributed by atoms with Crippen LogP contribution in [-0.2, 0) is 5.11 Å². The fraction of sp³-hybridized carbons (Fsp3) is 1.00. The van der Waals surface area contributed by atoms with Gasteiger partial charge in [-0.1, -0.05) is 6.92 Å². The highest BCUT2D eigenvalue weighted by atomic mass is 35.5. The molecular formula is C5H10ClO. The minimum absolute atomic E-state index is 0.218. The molecule has 0 aromatic carbocycles. The summed E-state index contributed by atoms with van der Waals surface area (Å²) < 4.78 is 0. The van der Waals surface area contributed by atoms with E-state index < -0.39 is 6.10 Å².